The van der Waals surface area contributed by atoms with Gasteiger partial charge in [-0.15, -0.1) is 16.0 Å². The summed E-state index contributed by atoms with van der Waals surface area (Å²) in [5.74, 6) is -0.222. The number of carbonyl (C=O) groups is 2. The molecule has 0 radical (unpaired) electrons. The fourth-order valence-electron chi connectivity index (χ4n) is 8.45. The Morgan fingerprint density at radius 1 is 1.25 bits per heavy atom. The van der Waals surface area contributed by atoms with Gasteiger partial charge in [-0.05, 0) is 97.7 Å². The van der Waals surface area contributed by atoms with Gasteiger partial charge in [0.05, 0.1) is 37.9 Å². The number of hydrogen-bond acceptors (Lipinski definition) is 8. The molecule has 2 aliphatic carbocycles. The number of nitrogens with zero attached hydrogens (tertiary/aromatic N) is 4. The van der Waals surface area contributed by atoms with Crippen LogP contribution in [0.2, 0.25) is 5.02 Å². The third kappa shape index (κ3) is 7.77. The van der Waals surface area contributed by atoms with Crippen LogP contribution in [0.15, 0.2) is 71.8 Å². The molecule has 1 spiro atoms. The van der Waals surface area contributed by atoms with Gasteiger partial charge < -0.3 is 19.1 Å². The number of ether oxygens (including phenoxy) is 3. The van der Waals surface area contributed by atoms with Gasteiger partial charge in [0, 0.05) is 42.3 Å². The monoisotopic (exact) mass is 761 g/mol. The molecule has 11 nitrogen and oxygen atoms in total. The Hall–Kier alpha value is -4.13. The van der Waals surface area contributed by atoms with Gasteiger partial charge in [-0.25, -0.2) is 4.21 Å². The number of amides is 2. The van der Waals surface area contributed by atoms with E-state index in [0.29, 0.717) is 37.8 Å². The van der Waals surface area contributed by atoms with Crippen LogP contribution in [-0.2, 0) is 33.5 Å². The lowest BCUT2D eigenvalue weighted by molar-refractivity contribution is -0.00223. The SMILES string of the molecule is C=CCO[C@@H]1/C=C/C[C@H](C)CS(=O)(NC(=O)c2cn(C)nc2OC)=NC(=O)c2ccc3c(c2)N(C[C@@H]2CC[C@H]21)C[C@@]1(CCCc2cc(Cl)ccc21)CO3. The Labute approximate surface area is 317 Å². The molecule has 2 aliphatic heterocycles. The van der Waals surface area contributed by atoms with Crippen molar-refractivity contribution in [1.29, 1.82) is 0 Å². The van der Waals surface area contributed by atoms with Crippen molar-refractivity contribution in [3.63, 3.8) is 0 Å². The number of halogens is 1. The molecule has 53 heavy (non-hydrogen) atoms. The van der Waals surface area contributed by atoms with Crippen LogP contribution in [0, 0.1) is 17.8 Å². The number of methoxy groups -OCH3 is 1. The Kier molecular flexibility index (Phi) is 10.7. The van der Waals surface area contributed by atoms with E-state index in [4.69, 9.17) is 25.8 Å². The quantitative estimate of drug-likeness (QED) is 0.276. The zero-order valence-corrected chi connectivity index (χ0v) is 32.2. The minimum absolute atomic E-state index is 0.0479. The number of benzene rings is 2. The van der Waals surface area contributed by atoms with Gasteiger partial charge in [-0.1, -0.05) is 42.8 Å². The van der Waals surface area contributed by atoms with Crippen molar-refractivity contribution in [1.82, 2.24) is 14.5 Å². The van der Waals surface area contributed by atoms with E-state index < -0.39 is 21.7 Å². The predicted octanol–water partition coefficient (Wildman–Crippen LogP) is 6.70. The van der Waals surface area contributed by atoms with Gasteiger partial charge in [0.1, 0.15) is 21.2 Å². The number of carbonyl (C=O) groups excluding carboxylic acids is 2. The van der Waals surface area contributed by atoms with Crippen LogP contribution in [-0.4, -0.2) is 71.1 Å². The van der Waals surface area contributed by atoms with Crippen LogP contribution >= 0.6 is 11.6 Å². The topological polar surface area (TPSA) is 124 Å². The number of fused-ring (bicyclic) bond motifs is 4. The molecule has 1 N–H and O–H groups in total. The molecule has 1 aromatic heterocycles. The fraction of sp³-hybridized carbons (Fsp3) is 0.475. The molecule has 3 heterocycles. The van der Waals surface area contributed by atoms with Gasteiger partial charge in [0.25, 0.3) is 11.8 Å². The van der Waals surface area contributed by atoms with Crippen molar-refractivity contribution >= 4 is 39.0 Å². The van der Waals surface area contributed by atoms with E-state index in [-0.39, 0.29) is 46.1 Å². The van der Waals surface area contributed by atoms with Crippen molar-refractivity contribution in [2.45, 2.75) is 57.0 Å². The summed E-state index contributed by atoms with van der Waals surface area (Å²) >= 11 is 6.47. The van der Waals surface area contributed by atoms with E-state index in [1.54, 1.807) is 19.2 Å². The highest BCUT2D eigenvalue weighted by Gasteiger charge is 2.44. The van der Waals surface area contributed by atoms with Crippen LogP contribution in [0.25, 0.3) is 0 Å². The largest absolute Gasteiger partial charge is 0.490 e. The average Bonchev–Trinajstić information content (AvgIpc) is 3.43. The Morgan fingerprint density at radius 3 is 2.87 bits per heavy atom. The predicted molar refractivity (Wildman–Crippen MR) is 206 cm³/mol. The highest BCUT2D eigenvalue weighted by Crippen LogP contribution is 2.47. The first-order valence-electron chi connectivity index (χ1n) is 18.4. The van der Waals surface area contributed by atoms with Crippen LogP contribution in [0.5, 0.6) is 11.6 Å². The Balaban J connectivity index is 1.31. The third-order valence-corrected chi connectivity index (χ3v) is 13.4. The summed E-state index contributed by atoms with van der Waals surface area (Å²) in [6.45, 7) is 8.17. The number of rotatable bonds is 6. The standard InChI is InChI=1S/C40H48ClN5O6S/c1-5-18-51-35-10-6-8-26(2)23-53(49,44-38(48)32-22-45(3)42-39(32)50-4)43-37(47)28-12-16-36-34(20-28)46(21-29-11-14-31(29)35)24-40(25-52-36)17-7-9-27-19-30(41)13-15-33(27)40/h5-6,10,12-13,15-16,19-20,22,26,29,31,35H,1,7-9,11,14,17-18,21,23-25H2,2-4H3,(H,43,44,47,48,49)/b10-6+/t26-,29-,31+,35+,40-,53?/m0/s1. The van der Waals surface area contributed by atoms with Gasteiger partial charge in [-0.2, -0.15) is 0 Å². The summed E-state index contributed by atoms with van der Waals surface area (Å²) in [7, 11) is -0.557. The summed E-state index contributed by atoms with van der Waals surface area (Å²) in [5.41, 5.74) is 3.38. The molecule has 1 saturated carbocycles. The smallest absolute Gasteiger partial charge is 0.286 e. The summed E-state index contributed by atoms with van der Waals surface area (Å²) in [4.78, 5) is 30.0. The minimum Gasteiger partial charge on any atom is -0.490 e. The van der Waals surface area contributed by atoms with Gasteiger partial charge >= 0.3 is 0 Å². The first kappa shape index (κ1) is 37.2. The van der Waals surface area contributed by atoms with Crippen molar-refractivity contribution in [2.24, 2.45) is 29.2 Å². The van der Waals surface area contributed by atoms with E-state index in [0.717, 1.165) is 49.4 Å². The highest BCUT2D eigenvalue weighted by atomic mass is 35.5. The lowest BCUT2D eigenvalue weighted by Gasteiger charge is -2.46. The molecule has 6 atom stereocenters. The maximum Gasteiger partial charge on any atom is 0.286 e. The number of hydrogen-bond donors (Lipinski definition) is 1. The van der Waals surface area contributed by atoms with Crippen molar-refractivity contribution in [3.8, 4) is 11.6 Å². The summed E-state index contributed by atoms with van der Waals surface area (Å²) < 4.78 is 41.3. The van der Waals surface area contributed by atoms with Crippen molar-refractivity contribution in [3.05, 3.63) is 94.7 Å². The molecule has 0 saturated heterocycles. The van der Waals surface area contributed by atoms with Crippen LogP contribution in [0.3, 0.4) is 0 Å². The molecule has 2 amide bonds. The van der Waals surface area contributed by atoms with Gasteiger partial charge in [0.2, 0.25) is 5.88 Å². The zero-order valence-electron chi connectivity index (χ0n) is 30.6. The number of aromatic nitrogens is 2. The Bertz CT molecular complexity index is 2060. The number of aryl methyl sites for hydroxylation is 2. The maximum atomic E-state index is 14.6. The molecular formula is C40H48ClN5O6S. The van der Waals surface area contributed by atoms with Gasteiger partial charge in [0.15, 0.2) is 0 Å². The molecule has 2 bridgehead atoms. The molecule has 1 fully saturated rings. The van der Waals surface area contributed by atoms with E-state index in [1.165, 1.54) is 29.1 Å². The summed E-state index contributed by atoms with van der Waals surface area (Å²) in [6.07, 6.45) is 12.9. The lowest BCUT2D eigenvalue weighted by Crippen LogP contribution is -2.49. The highest BCUT2D eigenvalue weighted by molar-refractivity contribution is 7.92. The molecule has 4 aliphatic rings. The first-order chi connectivity index (χ1) is 25.5. The molecule has 2 aromatic carbocycles. The number of anilines is 1. The second-order valence-electron chi connectivity index (χ2n) is 15.0. The Morgan fingerprint density at radius 2 is 2.09 bits per heavy atom. The lowest BCUT2D eigenvalue weighted by atomic mass is 9.68. The van der Waals surface area contributed by atoms with Crippen molar-refractivity contribution in [2.75, 3.05) is 44.1 Å². The normalized spacial score (nSPS) is 29.0. The van der Waals surface area contributed by atoms with E-state index in [1.807, 2.05) is 25.1 Å². The van der Waals surface area contributed by atoms with Gasteiger partial charge in [-0.3, -0.25) is 19.0 Å². The summed E-state index contributed by atoms with van der Waals surface area (Å²) in [5, 5.41) is 4.88. The number of nitrogens with one attached hydrogen (secondary N) is 1. The van der Waals surface area contributed by atoms with Crippen molar-refractivity contribution < 1.29 is 28.0 Å². The average molecular weight is 762 g/mol. The van der Waals surface area contributed by atoms with E-state index in [9.17, 15) is 13.8 Å². The number of allylic oxidation sites excluding steroid dienone is 1. The van der Waals surface area contributed by atoms with E-state index in [2.05, 4.69) is 49.9 Å². The van der Waals surface area contributed by atoms with Crippen LogP contribution in [0.4, 0.5) is 5.69 Å². The first-order valence-corrected chi connectivity index (χ1v) is 20.4. The molecule has 3 aromatic rings. The van der Waals surface area contributed by atoms with Crippen LogP contribution < -0.4 is 19.1 Å². The fourth-order valence-corrected chi connectivity index (χ4v) is 10.5. The maximum absolute atomic E-state index is 14.6. The summed E-state index contributed by atoms with van der Waals surface area (Å²) in [6, 6.07) is 11.5. The molecule has 282 valence electrons. The molecule has 7 rings (SSSR count). The molecule has 1 unspecified atom stereocenters. The second-order valence-corrected chi connectivity index (χ2v) is 17.4. The molecule has 13 heteroatoms. The van der Waals surface area contributed by atoms with E-state index >= 15 is 0 Å². The second kappa shape index (κ2) is 15.3. The van der Waals surface area contributed by atoms with Crippen LogP contribution in [0.1, 0.15) is 70.9 Å². The zero-order chi connectivity index (χ0) is 37.3. The molecular weight excluding hydrogens is 714 g/mol. The third-order valence-electron chi connectivity index (χ3n) is 11.1. The minimum atomic E-state index is -3.62.